The molecule has 7 heteroatoms. The van der Waals surface area contributed by atoms with Crippen LogP contribution >= 0.6 is 0 Å². The second kappa shape index (κ2) is 7.58. The summed E-state index contributed by atoms with van der Waals surface area (Å²) in [6.45, 7) is 2.96. The fourth-order valence-electron chi connectivity index (χ4n) is 3.61. The quantitative estimate of drug-likeness (QED) is 0.739. The zero-order chi connectivity index (χ0) is 17.9. The highest BCUT2D eigenvalue weighted by Crippen LogP contribution is 2.18. The SMILES string of the molecule is COc1ccccc1/C=C/C(=O)N1CC[NH+]([C@H]2CCS(=O)(=O)C2)CC1. The first-order valence-corrected chi connectivity index (χ1v) is 10.5. The second-order valence-corrected chi connectivity index (χ2v) is 8.89. The van der Waals surface area contributed by atoms with Crippen molar-refractivity contribution in [2.75, 3.05) is 44.8 Å². The van der Waals surface area contributed by atoms with Crippen LogP contribution in [-0.4, -0.2) is 70.1 Å². The van der Waals surface area contributed by atoms with Crippen LogP contribution in [0.2, 0.25) is 0 Å². The molecule has 2 aliphatic rings. The molecule has 3 rings (SSSR count). The Morgan fingerprint density at radius 3 is 2.64 bits per heavy atom. The van der Waals surface area contributed by atoms with Crippen molar-refractivity contribution in [3.8, 4) is 5.75 Å². The highest BCUT2D eigenvalue weighted by molar-refractivity contribution is 7.91. The number of nitrogens with one attached hydrogen (secondary N) is 1. The molecule has 1 aromatic carbocycles. The van der Waals surface area contributed by atoms with E-state index in [4.69, 9.17) is 4.74 Å². The summed E-state index contributed by atoms with van der Waals surface area (Å²) in [5, 5.41) is 0. The lowest BCUT2D eigenvalue weighted by atomic mass is 10.1. The first-order chi connectivity index (χ1) is 12.0. The molecule has 1 aromatic rings. The van der Waals surface area contributed by atoms with Gasteiger partial charge < -0.3 is 14.5 Å². The molecule has 2 aliphatic heterocycles. The van der Waals surface area contributed by atoms with Gasteiger partial charge in [-0.1, -0.05) is 18.2 Å². The maximum atomic E-state index is 12.4. The summed E-state index contributed by atoms with van der Waals surface area (Å²) in [6.07, 6.45) is 4.12. The van der Waals surface area contributed by atoms with Crippen LogP contribution in [0.15, 0.2) is 30.3 Å². The second-order valence-electron chi connectivity index (χ2n) is 6.66. The van der Waals surface area contributed by atoms with Crippen LogP contribution < -0.4 is 9.64 Å². The standard InChI is InChI=1S/C18H24N2O4S/c1-24-17-5-3-2-4-15(17)6-7-18(21)20-11-9-19(10-12-20)16-8-13-25(22,23)14-16/h2-7,16H,8-14H2,1H3/p+1/b7-6+/t16-/m0/s1. The van der Waals surface area contributed by atoms with Gasteiger partial charge in [-0.05, 0) is 12.1 Å². The number of piperazine rings is 1. The Hall–Kier alpha value is -1.86. The van der Waals surface area contributed by atoms with Gasteiger partial charge in [0.15, 0.2) is 9.84 Å². The molecule has 0 saturated carbocycles. The van der Waals surface area contributed by atoms with E-state index in [1.807, 2.05) is 29.2 Å². The van der Waals surface area contributed by atoms with Gasteiger partial charge in [0, 0.05) is 18.1 Å². The molecule has 0 unspecified atom stereocenters. The van der Waals surface area contributed by atoms with Crippen LogP contribution in [0.5, 0.6) is 5.75 Å². The molecule has 136 valence electrons. The number of ether oxygens (including phenoxy) is 1. The van der Waals surface area contributed by atoms with Crippen molar-refractivity contribution in [1.82, 2.24) is 4.90 Å². The first-order valence-electron chi connectivity index (χ1n) is 8.63. The van der Waals surface area contributed by atoms with E-state index in [0.717, 1.165) is 30.8 Å². The molecule has 0 bridgehead atoms. The lowest BCUT2D eigenvalue weighted by molar-refractivity contribution is -0.925. The van der Waals surface area contributed by atoms with Crippen LogP contribution in [0.4, 0.5) is 0 Å². The zero-order valence-electron chi connectivity index (χ0n) is 14.5. The molecule has 1 N–H and O–H groups in total. The minimum atomic E-state index is -2.84. The Morgan fingerprint density at radius 2 is 2.00 bits per heavy atom. The van der Waals surface area contributed by atoms with Gasteiger partial charge in [0.2, 0.25) is 5.91 Å². The van der Waals surface area contributed by atoms with E-state index >= 15 is 0 Å². The molecular weight excluding hydrogens is 340 g/mol. The summed E-state index contributed by atoms with van der Waals surface area (Å²) in [6, 6.07) is 7.77. The van der Waals surface area contributed by atoms with Gasteiger partial charge in [-0.15, -0.1) is 0 Å². The van der Waals surface area contributed by atoms with E-state index in [1.54, 1.807) is 19.3 Å². The third-order valence-electron chi connectivity index (χ3n) is 5.07. The molecule has 2 fully saturated rings. The number of nitrogens with zero attached hydrogens (tertiary/aromatic N) is 1. The Bertz CT molecular complexity index is 752. The fraction of sp³-hybridized carbons (Fsp3) is 0.500. The third-order valence-corrected chi connectivity index (χ3v) is 6.84. The van der Waals surface area contributed by atoms with Crippen LogP contribution in [0.1, 0.15) is 12.0 Å². The lowest BCUT2D eigenvalue weighted by Gasteiger charge is -2.34. The number of benzene rings is 1. The minimum Gasteiger partial charge on any atom is -0.496 e. The van der Waals surface area contributed by atoms with Crippen molar-refractivity contribution in [3.63, 3.8) is 0 Å². The van der Waals surface area contributed by atoms with Crippen molar-refractivity contribution >= 4 is 21.8 Å². The Morgan fingerprint density at radius 1 is 1.28 bits per heavy atom. The number of amides is 1. The molecular formula is C18H25N2O4S+. The molecule has 0 aliphatic carbocycles. The number of hydrogen-bond acceptors (Lipinski definition) is 4. The van der Waals surface area contributed by atoms with Crippen molar-refractivity contribution in [3.05, 3.63) is 35.9 Å². The number of methoxy groups -OCH3 is 1. The molecule has 1 amide bonds. The highest BCUT2D eigenvalue weighted by Gasteiger charge is 2.37. The average Bonchev–Trinajstić information content (AvgIpc) is 3.00. The molecule has 1 atom stereocenters. The number of rotatable bonds is 4. The van der Waals surface area contributed by atoms with Crippen LogP contribution in [-0.2, 0) is 14.6 Å². The normalized spacial score (nSPS) is 23.9. The van der Waals surface area contributed by atoms with Crippen molar-refractivity contribution < 1.29 is 22.8 Å². The van der Waals surface area contributed by atoms with Crippen molar-refractivity contribution in [2.45, 2.75) is 12.5 Å². The summed E-state index contributed by atoms with van der Waals surface area (Å²) in [4.78, 5) is 15.5. The van der Waals surface area contributed by atoms with Gasteiger partial charge in [0.25, 0.3) is 0 Å². The summed E-state index contributed by atoms with van der Waals surface area (Å²) >= 11 is 0. The van der Waals surface area contributed by atoms with Crippen LogP contribution in [0.25, 0.3) is 6.08 Å². The van der Waals surface area contributed by atoms with Crippen LogP contribution in [0, 0.1) is 0 Å². The number of hydrogen-bond donors (Lipinski definition) is 1. The summed E-state index contributed by atoms with van der Waals surface area (Å²) in [7, 11) is -1.23. The van der Waals surface area contributed by atoms with Gasteiger partial charge in [-0.2, -0.15) is 0 Å². The lowest BCUT2D eigenvalue weighted by Crippen LogP contribution is -3.18. The molecule has 6 nitrogen and oxygen atoms in total. The molecule has 25 heavy (non-hydrogen) atoms. The number of carbonyl (C=O) groups is 1. The van der Waals surface area contributed by atoms with E-state index < -0.39 is 9.84 Å². The topological polar surface area (TPSA) is 68.1 Å². The Kier molecular flexibility index (Phi) is 5.44. The molecule has 0 spiro atoms. The first kappa shape index (κ1) is 17.9. The Labute approximate surface area is 149 Å². The smallest absolute Gasteiger partial charge is 0.246 e. The Balaban J connectivity index is 1.54. The predicted octanol–water partition coefficient (Wildman–Crippen LogP) is -0.377. The van der Waals surface area contributed by atoms with E-state index in [1.165, 1.54) is 4.90 Å². The van der Waals surface area contributed by atoms with E-state index in [2.05, 4.69) is 0 Å². The van der Waals surface area contributed by atoms with Gasteiger partial charge in [0.1, 0.15) is 17.5 Å². The van der Waals surface area contributed by atoms with Gasteiger partial charge in [-0.3, -0.25) is 4.79 Å². The minimum absolute atomic E-state index is 0.0102. The monoisotopic (exact) mass is 365 g/mol. The number of sulfone groups is 1. The molecule has 0 radical (unpaired) electrons. The van der Waals surface area contributed by atoms with E-state index in [-0.39, 0.29) is 11.9 Å². The van der Waals surface area contributed by atoms with Gasteiger partial charge in [-0.25, -0.2) is 8.42 Å². The largest absolute Gasteiger partial charge is 0.496 e. The number of para-hydroxylation sites is 1. The molecule has 0 aromatic heterocycles. The van der Waals surface area contributed by atoms with Crippen molar-refractivity contribution in [1.29, 1.82) is 0 Å². The van der Waals surface area contributed by atoms with E-state index in [9.17, 15) is 13.2 Å². The fourth-order valence-corrected chi connectivity index (χ4v) is 5.44. The summed E-state index contributed by atoms with van der Waals surface area (Å²) in [5.41, 5.74) is 0.874. The average molecular weight is 365 g/mol. The summed E-state index contributed by atoms with van der Waals surface area (Å²) in [5.74, 6) is 1.34. The van der Waals surface area contributed by atoms with E-state index in [0.29, 0.717) is 24.6 Å². The van der Waals surface area contributed by atoms with Gasteiger partial charge >= 0.3 is 0 Å². The zero-order valence-corrected chi connectivity index (χ0v) is 15.3. The summed E-state index contributed by atoms with van der Waals surface area (Å²) < 4.78 is 28.5. The maximum Gasteiger partial charge on any atom is 0.246 e. The number of quaternary nitrogens is 1. The van der Waals surface area contributed by atoms with Crippen molar-refractivity contribution in [2.24, 2.45) is 0 Å². The third kappa shape index (κ3) is 4.41. The van der Waals surface area contributed by atoms with Gasteiger partial charge in [0.05, 0.1) is 39.0 Å². The van der Waals surface area contributed by atoms with Crippen LogP contribution in [0.3, 0.4) is 0 Å². The maximum absolute atomic E-state index is 12.4. The number of carbonyl (C=O) groups excluding carboxylic acids is 1. The molecule has 2 heterocycles. The highest BCUT2D eigenvalue weighted by atomic mass is 32.2. The predicted molar refractivity (Wildman–Crippen MR) is 96.4 cm³/mol. The molecule has 2 saturated heterocycles.